The standard InChI is InChI=1S/C21H18FN2O.BrH/c1-2-15-7-8-20-19(13-15)23-21(25-20)16-9-11-24(12-10-16)14-17-5-3-4-6-18(17)22;/h3-13H,2,14H2,1H3;1H/q+1;/p-1. The van der Waals surface area contributed by atoms with E-state index in [2.05, 4.69) is 24.0 Å². The van der Waals surface area contributed by atoms with Crippen molar-refractivity contribution in [1.82, 2.24) is 4.98 Å². The van der Waals surface area contributed by atoms with Crippen LogP contribution in [0.5, 0.6) is 0 Å². The molecule has 2 aromatic carbocycles. The number of hydrogen-bond acceptors (Lipinski definition) is 2. The fraction of sp³-hybridized carbons (Fsp3) is 0.143. The number of hydrogen-bond donors (Lipinski definition) is 0. The van der Waals surface area contributed by atoms with Gasteiger partial charge in [0.15, 0.2) is 24.5 Å². The minimum atomic E-state index is -0.190. The van der Waals surface area contributed by atoms with E-state index in [1.807, 2.05) is 41.2 Å². The molecule has 0 radical (unpaired) electrons. The molecule has 0 aliphatic rings. The smallest absolute Gasteiger partial charge is 0.227 e. The lowest BCUT2D eigenvalue weighted by Crippen LogP contribution is -3.00. The molecule has 26 heavy (non-hydrogen) atoms. The molecular formula is C21H18BrFN2O. The molecule has 3 nitrogen and oxygen atoms in total. The third-order valence-corrected chi connectivity index (χ3v) is 4.31. The normalized spacial score (nSPS) is 10.7. The van der Waals surface area contributed by atoms with E-state index in [0.717, 1.165) is 23.1 Å². The van der Waals surface area contributed by atoms with Gasteiger partial charge in [-0.05, 0) is 36.2 Å². The van der Waals surface area contributed by atoms with E-state index in [1.54, 1.807) is 12.1 Å². The molecule has 0 amide bonds. The number of oxazole rings is 1. The van der Waals surface area contributed by atoms with E-state index in [-0.39, 0.29) is 22.8 Å². The Morgan fingerprint density at radius 1 is 1.04 bits per heavy atom. The van der Waals surface area contributed by atoms with Gasteiger partial charge in [0.25, 0.3) is 0 Å². The second-order valence-electron chi connectivity index (χ2n) is 6.03. The highest BCUT2D eigenvalue weighted by atomic mass is 79.9. The zero-order valence-corrected chi connectivity index (χ0v) is 15.9. The first-order valence-electron chi connectivity index (χ1n) is 8.35. The Morgan fingerprint density at radius 3 is 2.54 bits per heavy atom. The van der Waals surface area contributed by atoms with Crippen LogP contribution in [0.25, 0.3) is 22.6 Å². The summed E-state index contributed by atoms with van der Waals surface area (Å²) in [5.74, 6) is 0.408. The summed E-state index contributed by atoms with van der Waals surface area (Å²) in [5.41, 5.74) is 4.46. The van der Waals surface area contributed by atoms with Crippen LogP contribution in [0, 0.1) is 5.82 Å². The SMILES string of the molecule is CCc1ccc2oc(-c3cc[n+](Cc4ccccc4F)cc3)nc2c1.[Br-]. The number of fused-ring (bicyclic) bond motifs is 1. The summed E-state index contributed by atoms with van der Waals surface area (Å²) in [6.45, 7) is 2.61. The van der Waals surface area contributed by atoms with Crippen molar-refractivity contribution in [3.05, 3.63) is 83.9 Å². The maximum Gasteiger partial charge on any atom is 0.227 e. The maximum atomic E-state index is 13.8. The fourth-order valence-electron chi connectivity index (χ4n) is 2.85. The van der Waals surface area contributed by atoms with Crippen LogP contribution in [0.1, 0.15) is 18.1 Å². The zero-order valence-electron chi connectivity index (χ0n) is 14.3. The summed E-state index contributed by atoms with van der Waals surface area (Å²) in [6, 6.07) is 16.8. The zero-order chi connectivity index (χ0) is 17.2. The van der Waals surface area contributed by atoms with Crippen molar-refractivity contribution in [3.63, 3.8) is 0 Å². The van der Waals surface area contributed by atoms with Gasteiger partial charge in [-0.3, -0.25) is 0 Å². The van der Waals surface area contributed by atoms with Crippen molar-refractivity contribution >= 4 is 11.1 Å². The first-order chi connectivity index (χ1) is 12.2. The second-order valence-corrected chi connectivity index (χ2v) is 6.03. The average molecular weight is 413 g/mol. The monoisotopic (exact) mass is 412 g/mol. The van der Waals surface area contributed by atoms with Crippen LogP contribution in [0.15, 0.2) is 71.4 Å². The summed E-state index contributed by atoms with van der Waals surface area (Å²) >= 11 is 0. The highest BCUT2D eigenvalue weighted by Crippen LogP contribution is 2.24. The minimum absolute atomic E-state index is 0. The highest BCUT2D eigenvalue weighted by molar-refractivity contribution is 5.76. The molecule has 0 atom stereocenters. The Labute approximate surface area is 161 Å². The van der Waals surface area contributed by atoms with E-state index in [4.69, 9.17) is 4.42 Å². The van der Waals surface area contributed by atoms with Crippen LogP contribution in [0.2, 0.25) is 0 Å². The van der Waals surface area contributed by atoms with Gasteiger partial charge in [0.1, 0.15) is 11.3 Å². The van der Waals surface area contributed by atoms with Crippen molar-refractivity contribution in [3.8, 4) is 11.5 Å². The van der Waals surface area contributed by atoms with Crippen molar-refractivity contribution in [2.45, 2.75) is 19.9 Å². The van der Waals surface area contributed by atoms with Crippen molar-refractivity contribution in [1.29, 1.82) is 0 Å². The summed E-state index contributed by atoms with van der Waals surface area (Å²) in [4.78, 5) is 4.58. The first-order valence-corrected chi connectivity index (χ1v) is 8.35. The van der Waals surface area contributed by atoms with Crippen molar-refractivity contribution in [2.75, 3.05) is 0 Å². The van der Waals surface area contributed by atoms with Crippen LogP contribution in [0.4, 0.5) is 4.39 Å². The molecule has 5 heteroatoms. The Hall–Kier alpha value is -2.53. The molecule has 4 aromatic rings. The number of benzene rings is 2. The molecule has 0 N–H and O–H groups in total. The van der Waals surface area contributed by atoms with Gasteiger partial charge < -0.3 is 21.4 Å². The van der Waals surface area contributed by atoms with Crippen molar-refractivity contribution < 1.29 is 30.4 Å². The fourth-order valence-corrected chi connectivity index (χ4v) is 2.85. The lowest BCUT2D eigenvalue weighted by atomic mass is 10.1. The van der Waals surface area contributed by atoms with E-state index >= 15 is 0 Å². The summed E-state index contributed by atoms with van der Waals surface area (Å²) in [6.07, 6.45) is 4.79. The lowest BCUT2D eigenvalue weighted by Gasteiger charge is -2.00. The van der Waals surface area contributed by atoms with Gasteiger partial charge in [0, 0.05) is 17.7 Å². The van der Waals surface area contributed by atoms with E-state index < -0.39 is 0 Å². The predicted molar refractivity (Wildman–Crippen MR) is 94.5 cm³/mol. The molecule has 0 fully saturated rings. The number of aromatic nitrogens is 2. The number of pyridine rings is 1. The number of aryl methyl sites for hydroxylation is 1. The Balaban J connectivity index is 0.00000196. The maximum absolute atomic E-state index is 13.8. The summed E-state index contributed by atoms with van der Waals surface area (Å²) < 4.78 is 21.5. The lowest BCUT2D eigenvalue weighted by molar-refractivity contribution is -0.688. The molecule has 4 rings (SSSR count). The van der Waals surface area contributed by atoms with Gasteiger partial charge in [-0.2, -0.15) is 0 Å². The Bertz CT molecular complexity index is 1030. The topological polar surface area (TPSA) is 29.9 Å². The molecule has 0 saturated heterocycles. The van der Waals surface area contributed by atoms with E-state index in [1.165, 1.54) is 11.6 Å². The van der Waals surface area contributed by atoms with Gasteiger partial charge in [0.05, 0.1) is 5.56 Å². The van der Waals surface area contributed by atoms with Gasteiger partial charge in [-0.1, -0.05) is 25.1 Å². The minimum Gasteiger partial charge on any atom is -1.00 e. The molecule has 0 aliphatic carbocycles. The van der Waals surface area contributed by atoms with Gasteiger partial charge >= 0.3 is 0 Å². The molecule has 2 aromatic heterocycles. The quantitative estimate of drug-likeness (QED) is 0.476. The Kier molecular flexibility index (Phi) is 5.47. The van der Waals surface area contributed by atoms with Crippen LogP contribution < -0.4 is 21.5 Å². The molecule has 0 unspecified atom stereocenters. The molecule has 132 valence electrons. The largest absolute Gasteiger partial charge is 1.00 e. The van der Waals surface area contributed by atoms with Crippen molar-refractivity contribution in [2.24, 2.45) is 0 Å². The Morgan fingerprint density at radius 2 is 1.81 bits per heavy atom. The molecular weight excluding hydrogens is 395 g/mol. The average Bonchev–Trinajstić information content (AvgIpc) is 3.07. The summed E-state index contributed by atoms with van der Waals surface area (Å²) in [7, 11) is 0. The first kappa shape index (κ1) is 18.3. The molecule has 0 spiro atoms. The van der Waals surface area contributed by atoms with E-state index in [9.17, 15) is 4.39 Å². The molecule has 2 heterocycles. The summed E-state index contributed by atoms with van der Waals surface area (Å²) in [5, 5.41) is 0. The second kappa shape index (κ2) is 7.79. The number of nitrogens with zero attached hydrogens (tertiary/aromatic N) is 2. The van der Waals surface area contributed by atoms with Gasteiger partial charge in [-0.25, -0.2) is 13.9 Å². The van der Waals surface area contributed by atoms with Crippen LogP contribution in [-0.4, -0.2) is 4.98 Å². The predicted octanol–water partition coefficient (Wildman–Crippen LogP) is 1.54. The van der Waals surface area contributed by atoms with Crippen LogP contribution in [-0.2, 0) is 13.0 Å². The van der Waals surface area contributed by atoms with Gasteiger partial charge in [-0.15, -0.1) is 0 Å². The third-order valence-electron chi connectivity index (χ3n) is 4.31. The number of halogens is 2. The van der Waals surface area contributed by atoms with Crippen LogP contribution in [0.3, 0.4) is 0 Å². The third kappa shape index (κ3) is 3.68. The molecule has 0 aliphatic heterocycles. The van der Waals surface area contributed by atoms with Gasteiger partial charge in [0.2, 0.25) is 5.89 Å². The molecule has 0 bridgehead atoms. The highest BCUT2D eigenvalue weighted by Gasteiger charge is 2.12. The molecule has 0 saturated carbocycles. The van der Waals surface area contributed by atoms with Crippen LogP contribution >= 0.6 is 0 Å². The number of rotatable bonds is 4. The van der Waals surface area contributed by atoms with E-state index in [0.29, 0.717) is 18.0 Å².